The van der Waals surface area contributed by atoms with E-state index in [4.69, 9.17) is 11.6 Å². The van der Waals surface area contributed by atoms with Gasteiger partial charge in [-0.3, -0.25) is 4.68 Å². The molecule has 0 aliphatic carbocycles. The van der Waals surface area contributed by atoms with Crippen molar-refractivity contribution in [2.45, 2.75) is 45.7 Å². The molecule has 7 heteroatoms. The molecule has 0 aromatic carbocycles. The third kappa shape index (κ3) is 3.99. The van der Waals surface area contributed by atoms with E-state index in [0.717, 1.165) is 42.2 Å². The van der Waals surface area contributed by atoms with Crippen LogP contribution in [0.5, 0.6) is 0 Å². The smallest absolute Gasteiger partial charge is 0.150 e. The summed E-state index contributed by atoms with van der Waals surface area (Å²) >= 11 is 6.35. The Labute approximate surface area is 132 Å². The minimum Gasteiger partial charge on any atom is -0.317 e. The molecule has 0 saturated carbocycles. The highest BCUT2D eigenvalue weighted by atomic mass is 35.5. The minimum absolute atomic E-state index is 0.224. The maximum atomic E-state index is 11.6. The molecule has 1 saturated heterocycles. The lowest BCUT2D eigenvalue weighted by Crippen LogP contribution is -2.31. The number of hydrogen-bond acceptors (Lipinski definition) is 4. The zero-order valence-electron chi connectivity index (χ0n) is 12.9. The zero-order chi connectivity index (χ0) is 15.6. The van der Waals surface area contributed by atoms with E-state index in [1.807, 2.05) is 25.6 Å². The fourth-order valence-electron chi connectivity index (χ4n) is 3.06. The lowest BCUT2D eigenvalue weighted by atomic mass is 9.96. The van der Waals surface area contributed by atoms with Gasteiger partial charge in [0.15, 0.2) is 9.84 Å². The molecule has 120 valence electrons. The molecule has 1 aliphatic heterocycles. The highest BCUT2D eigenvalue weighted by Gasteiger charge is 2.30. The van der Waals surface area contributed by atoms with Crippen LogP contribution in [0.1, 0.15) is 31.2 Å². The largest absolute Gasteiger partial charge is 0.317 e. The average Bonchev–Trinajstić information content (AvgIpc) is 2.91. The molecular formula is C14H24ClN3O2S. The van der Waals surface area contributed by atoms with Gasteiger partial charge in [0.05, 0.1) is 27.9 Å². The summed E-state index contributed by atoms with van der Waals surface area (Å²) in [5, 5.41) is 8.46. The second-order valence-electron chi connectivity index (χ2n) is 5.86. The van der Waals surface area contributed by atoms with Crippen molar-refractivity contribution in [3.63, 3.8) is 0 Å². The fraction of sp³-hybridized carbons (Fsp3) is 0.786. The average molecular weight is 334 g/mol. The molecular weight excluding hydrogens is 310 g/mol. The van der Waals surface area contributed by atoms with Gasteiger partial charge in [-0.15, -0.1) is 0 Å². The number of sulfone groups is 1. The highest BCUT2D eigenvalue weighted by Crippen LogP contribution is 2.26. The van der Waals surface area contributed by atoms with Crippen molar-refractivity contribution in [3.8, 4) is 0 Å². The standard InChI is InChI=1S/C14H24ClN3O2S/c1-4-18-13(14(15)10(2)17-18)8-12(16-3)7-11-5-6-21(19,20)9-11/h11-12,16H,4-9H2,1-3H3. The summed E-state index contributed by atoms with van der Waals surface area (Å²) in [6.45, 7) is 4.75. The Balaban J connectivity index is 2.06. The Hall–Kier alpha value is -0.590. The Bertz CT molecular complexity index is 598. The molecule has 1 aromatic heterocycles. The first-order chi connectivity index (χ1) is 9.86. The van der Waals surface area contributed by atoms with Crippen molar-refractivity contribution in [1.29, 1.82) is 0 Å². The van der Waals surface area contributed by atoms with Crippen molar-refractivity contribution in [3.05, 3.63) is 16.4 Å². The summed E-state index contributed by atoms with van der Waals surface area (Å²) in [4.78, 5) is 0. The van der Waals surface area contributed by atoms with Gasteiger partial charge in [0.1, 0.15) is 0 Å². The Morgan fingerprint density at radius 2 is 2.24 bits per heavy atom. The van der Waals surface area contributed by atoms with Crippen LogP contribution in [-0.4, -0.2) is 42.8 Å². The molecule has 2 unspecified atom stereocenters. The second kappa shape index (κ2) is 6.67. The van der Waals surface area contributed by atoms with Crippen LogP contribution < -0.4 is 5.32 Å². The van der Waals surface area contributed by atoms with Crippen molar-refractivity contribution in [2.75, 3.05) is 18.6 Å². The first-order valence-electron chi connectivity index (χ1n) is 7.45. The van der Waals surface area contributed by atoms with E-state index in [0.29, 0.717) is 11.5 Å². The maximum Gasteiger partial charge on any atom is 0.150 e. The van der Waals surface area contributed by atoms with Crippen LogP contribution in [0.2, 0.25) is 5.02 Å². The van der Waals surface area contributed by atoms with Gasteiger partial charge in [0, 0.05) is 19.0 Å². The molecule has 0 radical (unpaired) electrons. The Morgan fingerprint density at radius 3 is 2.76 bits per heavy atom. The van der Waals surface area contributed by atoms with Crippen LogP contribution in [0.15, 0.2) is 0 Å². The van der Waals surface area contributed by atoms with Crippen LogP contribution in [0, 0.1) is 12.8 Å². The zero-order valence-corrected chi connectivity index (χ0v) is 14.5. The van der Waals surface area contributed by atoms with E-state index in [2.05, 4.69) is 10.4 Å². The molecule has 0 spiro atoms. The second-order valence-corrected chi connectivity index (χ2v) is 8.46. The van der Waals surface area contributed by atoms with Gasteiger partial charge < -0.3 is 5.32 Å². The van der Waals surface area contributed by atoms with E-state index >= 15 is 0 Å². The SMILES string of the molecule is CCn1nc(C)c(Cl)c1CC(CC1CCS(=O)(=O)C1)NC. The number of hydrogen-bond donors (Lipinski definition) is 1. The predicted molar refractivity (Wildman–Crippen MR) is 85.6 cm³/mol. The molecule has 5 nitrogen and oxygen atoms in total. The number of aryl methyl sites for hydroxylation is 2. The summed E-state index contributed by atoms with van der Waals surface area (Å²) in [6.07, 6.45) is 2.42. The van der Waals surface area contributed by atoms with Gasteiger partial charge in [0.25, 0.3) is 0 Å². The van der Waals surface area contributed by atoms with Crippen molar-refractivity contribution in [2.24, 2.45) is 5.92 Å². The van der Waals surface area contributed by atoms with E-state index in [-0.39, 0.29) is 12.0 Å². The first-order valence-corrected chi connectivity index (χ1v) is 9.65. The first kappa shape index (κ1) is 16.8. The van der Waals surface area contributed by atoms with Crippen LogP contribution in [0.25, 0.3) is 0 Å². The monoisotopic (exact) mass is 333 g/mol. The van der Waals surface area contributed by atoms with Crippen molar-refractivity contribution < 1.29 is 8.42 Å². The molecule has 1 aliphatic rings. The molecule has 0 bridgehead atoms. The van der Waals surface area contributed by atoms with Gasteiger partial charge >= 0.3 is 0 Å². The van der Waals surface area contributed by atoms with Crippen LogP contribution in [0.3, 0.4) is 0 Å². The molecule has 1 aromatic rings. The minimum atomic E-state index is -2.81. The summed E-state index contributed by atoms with van der Waals surface area (Å²) in [5.41, 5.74) is 1.89. The Morgan fingerprint density at radius 1 is 1.52 bits per heavy atom. The van der Waals surface area contributed by atoms with E-state index in [1.54, 1.807) is 0 Å². The topological polar surface area (TPSA) is 64.0 Å². The van der Waals surface area contributed by atoms with Crippen LogP contribution in [0.4, 0.5) is 0 Å². The third-order valence-electron chi connectivity index (χ3n) is 4.25. The van der Waals surface area contributed by atoms with Crippen LogP contribution >= 0.6 is 11.6 Å². The fourth-order valence-corrected chi connectivity index (χ4v) is 5.15. The number of halogens is 1. The van der Waals surface area contributed by atoms with Crippen molar-refractivity contribution >= 4 is 21.4 Å². The third-order valence-corrected chi connectivity index (χ3v) is 6.57. The van der Waals surface area contributed by atoms with Gasteiger partial charge in [-0.25, -0.2) is 8.42 Å². The lowest BCUT2D eigenvalue weighted by Gasteiger charge is -2.20. The maximum absolute atomic E-state index is 11.6. The van der Waals surface area contributed by atoms with Crippen molar-refractivity contribution in [1.82, 2.24) is 15.1 Å². The lowest BCUT2D eigenvalue weighted by molar-refractivity contribution is 0.414. The van der Waals surface area contributed by atoms with Gasteiger partial charge in [0.2, 0.25) is 0 Å². The van der Waals surface area contributed by atoms with E-state index < -0.39 is 9.84 Å². The normalized spacial score (nSPS) is 22.6. The van der Waals surface area contributed by atoms with E-state index in [1.165, 1.54) is 0 Å². The number of aromatic nitrogens is 2. The summed E-state index contributed by atoms with van der Waals surface area (Å²) in [6, 6.07) is 0.224. The molecule has 2 heterocycles. The molecule has 2 atom stereocenters. The van der Waals surface area contributed by atoms with Gasteiger partial charge in [-0.05, 0) is 39.7 Å². The summed E-state index contributed by atoms with van der Waals surface area (Å²) < 4.78 is 25.1. The number of nitrogens with one attached hydrogen (secondary N) is 1. The number of rotatable bonds is 6. The summed E-state index contributed by atoms with van der Waals surface area (Å²) in [5.74, 6) is 0.913. The predicted octanol–water partition coefficient (Wildman–Crippen LogP) is 1.82. The molecule has 0 amide bonds. The molecule has 1 fully saturated rings. The van der Waals surface area contributed by atoms with E-state index in [9.17, 15) is 8.42 Å². The molecule has 2 rings (SSSR count). The number of nitrogens with zero attached hydrogens (tertiary/aromatic N) is 2. The molecule has 1 N–H and O–H groups in total. The number of likely N-dealkylation sites (N-methyl/N-ethyl adjacent to an activating group) is 1. The Kier molecular flexibility index (Phi) is 5.33. The summed E-state index contributed by atoms with van der Waals surface area (Å²) in [7, 11) is -0.892. The van der Waals surface area contributed by atoms with Gasteiger partial charge in [-0.2, -0.15) is 5.10 Å². The molecule has 21 heavy (non-hydrogen) atoms. The highest BCUT2D eigenvalue weighted by molar-refractivity contribution is 7.91. The van der Waals surface area contributed by atoms with Gasteiger partial charge in [-0.1, -0.05) is 11.6 Å². The van der Waals surface area contributed by atoms with Crippen LogP contribution in [-0.2, 0) is 22.8 Å². The quantitative estimate of drug-likeness (QED) is 0.862.